The molecule has 0 bridgehead atoms. The average Bonchev–Trinajstić information content (AvgIpc) is 3.50. The van der Waals surface area contributed by atoms with Crippen LogP contribution < -0.4 is 31.8 Å². The Kier molecular flexibility index (Phi) is 7.16. The van der Waals surface area contributed by atoms with Gasteiger partial charge in [-0.2, -0.15) is 0 Å². The van der Waals surface area contributed by atoms with Crippen molar-refractivity contribution in [3.8, 4) is 17.0 Å². The standard InChI is InChI=1S/C23H24N6O4S/c1-13-19(20(29-33-13)15-6-4-3-5-7-15)22(31)24-23(34)28-27-21(30)18-12-17(25-26-18)14-8-10-16(32-2)11-9-14/h3-11,17-18,25-26H,12H2,1-2H3,(H,27,30)(H2,24,28,31,34). The monoisotopic (exact) mass is 480 g/mol. The third kappa shape index (κ3) is 5.22. The Balaban J connectivity index is 1.29. The predicted octanol–water partition coefficient (Wildman–Crippen LogP) is 1.90. The van der Waals surface area contributed by atoms with Crippen molar-refractivity contribution in [3.63, 3.8) is 0 Å². The number of methoxy groups -OCH3 is 1. The van der Waals surface area contributed by atoms with Crippen LogP contribution in [0.2, 0.25) is 0 Å². The van der Waals surface area contributed by atoms with E-state index in [0.717, 1.165) is 16.9 Å². The van der Waals surface area contributed by atoms with Crippen LogP contribution in [-0.2, 0) is 4.79 Å². The van der Waals surface area contributed by atoms with Gasteiger partial charge in [0.05, 0.1) is 7.11 Å². The first kappa shape index (κ1) is 23.4. The Labute approximate surface area is 201 Å². The van der Waals surface area contributed by atoms with Gasteiger partial charge in [-0.15, -0.1) is 0 Å². The molecule has 1 fully saturated rings. The molecule has 2 amide bonds. The van der Waals surface area contributed by atoms with Crippen molar-refractivity contribution >= 4 is 29.1 Å². The first-order valence-electron chi connectivity index (χ1n) is 10.5. The largest absolute Gasteiger partial charge is 0.497 e. The van der Waals surface area contributed by atoms with Crippen LogP contribution in [0.1, 0.15) is 34.1 Å². The molecular weight excluding hydrogens is 456 g/mol. The first-order valence-corrected chi connectivity index (χ1v) is 10.9. The molecule has 3 aromatic rings. The summed E-state index contributed by atoms with van der Waals surface area (Å²) >= 11 is 5.17. The van der Waals surface area contributed by atoms with E-state index in [9.17, 15) is 9.59 Å². The predicted molar refractivity (Wildman–Crippen MR) is 128 cm³/mol. The van der Waals surface area contributed by atoms with Crippen molar-refractivity contribution in [2.45, 2.75) is 25.4 Å². The quantitative estimate of drug-likeness (QED) is 0.275. The highest BCUT2D eigenvalue weighted by atomic mass is 32.1. The van der Waals surface area contributed by atoms with E-state index in [2.05, 4.69) is 32.2 Å². The Hall–Kier alpha value is -3.80. The van der Waals surface area contributed by atoms with Gasteiger partial charge in [0, 0.05) is 11.6 Å². The fourth-order valence-corrected chi connectivity index (χ4v) is 3.76. The fourth-order valence-electron chi connectivity index (χ4n) is 3.62. The van der Waals surface area contributed by atoms with Gasteiger partial charge in [0.15, 0.2) is 5.11 Å². The van der Waals surface area contributed by atoms with Crippen molar-refractivity contribution in [1.82, 2.24) is 32.2 Å². The van der Waals surface area contributed by atoms with Crippen LogP contribution >= 0.6 is 12.2 Å². The van der Waals surface area contributed by atoms with E-state index >= 15 is 0 Å². The summed E-state index contributed by atoms with van der Waals surface area (Å²) in [5.41, 5.74) is 13.6. The summed E-state index contributed by atoms with van der Waals surface area (Å²) in [6.07, 6.45) is 0.527. The van der Waals surface area contributed by atoms with Crippen LogP contribution in [0.25, 0.3) is 11.3 Å². The topological polar surface area (TPSA) is 130 Å². The number of benzene rings is 2. The van der Waals surface area contributed by atoms with Crippen LogP contribution in [0.5, 0.6) is 5.75 Å². The van der Waals surface area contributed by atoms with Crippen molar-refractivity contribution in [2.24, 2.45) is 0 Å². The minimum atomic E-state index is -0.497. The molecule has 1 saturated heterocycles. The van der Waals surface area contributed by atoms with Gasteiger partial charge < -0.3 is 9.26 Å². The van der Waals surface area contributed by atoms with E-state index < -0.39 is 11.9 Å². The van der Waals surface area contributed by atoms with E-state index in [-0.39, 0.29) is 22.6 Å². The highest BCUT2D eigenvalue weighted by Crippen LogP contribution is 2.25. The minimum absolute atomic E-state index is 0.0405. The number of ether oxygens (including phenoxy) is 1. The molecular formula is C23H24N6O4S. The number of amides is 2. The van der Waals surface area contributed by atoms with Crippen LogP contribution in [0.4, 0.5) is 0 Å². The van der Waals surface area contributed by atoms with Crippen molar-refractivity contribution in [2.75, 3.05) is 7.11 Å². The maximum atomic E-state index is 12.8. The minimum Gasteiger partial charge on any atom is -0.497 e. The van der Waals surface area contributed by atoms with Crippen LogP contribution in [-0.4, -0.2) is 35.2 Å². The molecule has 0 saturated carbocycles. The molecule has 0 radical (unpaired) electrons. The van der Waals surface area contributed by atoms with E-state index in [1.165, 1.54) is 0 Å². The van der Waals surface area contributed by atoms with Gasteiger partial charge in [-0.1, -0.05) is 47.6 Å². The van der Waals surface area contributed by atoms with Gasteiger partial charge in [-0.05, 0) is 43.3 Å². The van der Waals surface area contributed by atoms with Gasteiger partial charge in [-0.25, -0.2) is 10.9 Å². The molecule has 10 nitrogen and oxygen atoms in total. The zero-order valence-electron chi connectivity index (χ0n) is 18.5. The lowest BCUT2D eigenvalue weighted by molar-refractivity contribution is -0.123. The molecule has 0 aliphatic carbocycles. The average molecular weight is 481 g/mol. The van der Waals surface area contributed by atoms with Gasteiger partial charge in [0.1, 0.15) is 28.8 Å². The zero-order valence-corrected chi connectivity index (χ0v) is 19.4. The molecule has 34 heavy (non-hydrogen) atoms. The third-order valence-corrected chi connectivity index (χ3v) is 5.61. The molecule has 11 heteroatoms. The van der Waals surface area contributed by atoms with Crippen LogP contribution in [0, 0.1) is 6.92 Å². The number of aryl methyl sites for hydroxylation is 1. The number of hydrogen-bond acceptors (Lipinski definition) is 8. The van der Waals surface area contributed by atoms with Gasteiger partial charge in [0.25, 0.3) is 11.8 Å². The molecule has 0 spiro atoms. The second-order valence-electron chi connectivity index (χ2n) is 7.63. The number of nitrogens with one attached hydrogen (secondary N) is 5. The molecule has 2 atom stereocenters. The summed E-state index contributed by atoms with van der Waals surface area (Å²) in [4.78, 5) is 25.3. The fraction of sp³-hybridized carbons (Fsp3) is 0.217. The molecule has 2 aromatic carbocycles. The lowest BCUT2D eigenvalue weighted by Gasteiger charge is -2.14. The highest BCUT2D eigenvalue weighted by Gasteiger charge is 2.30. The summed E-state index contributed by atoms with van der Waals surface area (Å²) < 4.78 is 10.4. The Morgan fingerprint density at radius 2 is 1.82 bits per heavy atom. The van der Waals surface area contributed by atoms with E-state index in [0.29, 0.717) is 17.9 Å². The molecule has 5 N–H and O–H groups in total. The summed E-state index contributed by atoms with van der Waals surface area (Å²) in [5, 5.41) is 6.47. The van der Waals surface area contributed by atoms with Crippen LogP contribution in [0.3, 0.4) is 0 Å². The summed E-state index contributed by atoms with van der Waals surface area (Å²) in [5.74, 6) is 0.297. The second-order valence-corrected chi connectivity index (χ2v) is 8.04. The number of rotatable bonds is 5. The molecule has 4 rings (SSSR count). The van der Waals surface area contributed by atoms with E-state index in [1.54, 1.807) is 14.0 Å². The van der Waals surface area contributed by atoms with Crippen molar-refractivity contribution in [3.05, 3.63) is 71.5 Å². The number of nitrogens with zero attached hydrogens (tertiary/aromatic N) is 1. The van der Waals surface area contributed by atoms with Crippen molar-refractivity contribution in [1.29, 1.82) is 0 Å². The molecule has 2 unspecified atom stereocenters. The first-order chi connectivity index (χ1) is 16.5. The molecule has 2 heterocycles. The van der Waals surface area contributed by atoms with E-state index in [1.807, 2.05) is 54.6 Å². The Morgan fingerprint density at radius 1 is 1.09 bits per heavy atom. The lowest BCUT2D eigenvalue weighted by atomic mass is 10.0. The van der Waals surface area contributed by atoms with Gasteiger partial charge >= 0.3 is 0 Å². The molecule has 1 aliphatic heterocycles. The number of hydrogen-bond donors (Lipinski definition) is 5. The zero-order chi connectivity index (χ0) is 24.1. The SMILES string of the molecule is COc1ccc(C2CC(C(=O)NNC(=S)NC(=O)c3c(-c4ccccc4)noc3C)NN2)cc1. The summed E-state index contributed by atoms with van der Waals surface area (Å²) in [7, 11) is 1.61. The number of hydrazine groups is 2. The van der Waals surface area contributed by atoms with Crippen LogP contribution in [0.15, 0.2) is 59.1 Å². The van der Waals surface area contributed by atoms with Gasteiger partial charge in [-0.3, -0.25) is 25.8 Å². The number of thiocarbonyl (C=S) groups is 1. The van der Waals surface area contributed by atoms with E-state index in [4.69, 9.17) is 21.5 Å². The summed E-state index contributed by atoms with van der Waals surface area (Å²) in [6, 6.07) is 16.3. The molecule has 1 aromatic heterocycles. The number of aromatic nitrogens is 1. The smallest absolute Gasteiger partial charge is 0.263 e. The second kappa shape index (κ2) is 10.4. The number of carbonyl (C=O) groups is 2. The Morgan fingerprint density at radius 3 is 2.53 bits per heavy atom. The Bertz CT molecular complexity index is 1180. The third-order valence-electron chi connectivity index (χ3n) is 5.40. The number of carbonyl (C=O) groups excluding carboxylic acids is 2. The molecule has 1 aliphatic rings. The van der Waals surface area contributed by atoms with Crippen molar-refractivity contribution < 1.29 is 18.8 Å². The lowest BCUT2D eigenvalue weighted by Crippen LogP contribution is -2.53. The normalized spacial score (nSPS) is 17.1. The molecule has 176 valence electrons. The maximum absolute atomic E-state index is 12.8. The van der Waals surface area contributed by atoms with Gasteiger partial charge in [0.2, 0.25) is 0 Å². The summed E-state index contributed by atoms with van der Waals surface area (Å²) in [6.45, 7) is 1.64. The maximum Gasteiger partial charge on any atom is 0.263 e. The highest BCUT2D eigenvalue weighted by molar-refractivity contribution is 7.80.